The quantitative estimate of drug-likeness (QED) is 0.797. The second kappa shape index (κ2) is 8.64. The summed E-state index contributed by atoms with van der Waals surface area (Å²) in [6.07, 6.45) is 1.08. The minimum absolute atomic E-state index is 0.0626. The second-order valence-electron chi connectivity index (χ2n) is 5.46. The highest BCUT2D eigenvalue weighted by molar-refractivity contribution is 9.10. The average molecular weight is 389 g/mol. The third-order valence-electron chi connectivity index (χ3n) is 3.73. The van der Waals surface area contributed by atoms with Crippen LogP contribution in [0.25, 0.3) is 0 Å². The van der Waals surface area contributed by atoms with Gasteiger partial charge in [-0.05, 0) is 42.3 Å². The van der Waals surface area contributed by atoms with Gasteiger partial charge in [-0.2, -0.15) is 0 Å². The SMILES string of the molecule is CCc1ccccc1N(CCC(=O)Nc1ccc(Br)cc1)C(C)=O. The van der Waals surface area contributed by atoms with Crippen molar-refractivity contribution in [1.29, 1.82) is 0 Å². The summed E-state index contributed by atoms with van der Waals surface area (Å²) >= 11 is 3.36. The summed E-state index contributed by atoms with van der Waals surface area (Å²) in [6, 6.07) is 15.2. The maximum Gasteiger partial charge on any atom is 0.226 e. The lowest BCUT2D eigenvalue weighted by Gasteiger charge is -2.23. The van der Waals surface area contributed by atoms with Gasteiger partial charge in [0.15, 0.2) is 0 Å². The summed E-state index contributed by atoms with van der Waals surface area (Å²) in [6.45, 7) is 3.94. The van der Waals surface area contributed by atoms with Crippen molar-refractivity contribution in [2.75, 3.05) is 16.8 Å². The standard InChI is InChI=1S/C19H21BrN2O2/c1-3-15-6-4-5-7-18(15)22(14(2)23)13-12-19(24)21-17-10-8-16(20)9-11-17/h4-11H,3,12-13H2,1-2H3,(H,21,24). The molecule has 1 N–H and O–H groups in total. The summed E-state index contributed by atoms with van der Waals surface area (Å²) < 4.78 is 0.958. The zero-order valence-electron chi connectivity index (χ0n) is 13.9. The number of carbonyl (C=O) groups is 2. The molecule has 0 aliphatic rings. The van der Waals surface area contributed by atoms with E-state index in [1.54, 1.807) is 4.90 Å². The van der Waals surface area contributed by atoms with E-state index < -0.39 is 0 Å². The number of hydrogen-bond donors (Lipinski definition) is 1. The number of anilines is 2. The van der Waals surface area contributed by atoms with E-state index in [2.05, 4.69) is 28.2 Å². The Morgan fingerprint density at radius 1 is 1.08 bits per heavy atom. The fourth-order valence-electron chi connectivity index (χ4n) is 2.49. The van der Waals surface area contributed by atoms with E-state index in [9.17, 15) is 9.59 Å². The molecule has 4 nitrogen and oxygen atoms in total. The van der Waals surface area contributed by atoms with Gasteiger partial charge in [0.25, 0.3) is 0 Å². The van der Waals surface area contributed by atoms with Gasteiger partial charge in [0.05, 0.1) is 0 Å². The Labute approximate surface area is 151 Å². The second-order valence-corrected chi connectivity index (χ2v) is 6.37. The van der Waals surface area contributed by atoms with Gasteiger partial charge in [-0.15, -0.1) is 0 Å². The van der Waals surface area contributed by atoms with Crippen molar-refractivity contribution < 1.29 is 9.59 Å². The maximum absolute atomic E-state index is 12.1. The molecule has 0 unspecified atom stereocenters. The first-order valence-corrected chi connectivity index (χ1v) is 8.72. The van der Waals surface area contributed by atoms with Crippen LogP contribution >= 0.6 is 15.9 Å². The van der Waals surface area contributed by atoms with Crippen molar-refractivity contribution in [1.82, 2.24) is 0 Å². The Balaban J connectivity index is 2.02. The molecule has 2 aromatic rings. The number of amides is 2. The number of nitrogens with zero attached hydrogens (tertiary/aromatic N) is 1. The molecule has 24 heavy (non-hydrogen) atoms. The number of rotatable bonds is 6. The normalized spacial score (nSPS) is 10.3. The van der Waals surface area contributed by atoms with E-state index in [-0.39, 0.29) is 18.2 Å². The predicted octanol–water partition coefficient (Wildman–Crippen LogP) is 4.39. The number of para-hydroxylation sites is 1. The van der Waals surface area contributed by atoms with E-state index >= 15 is 0 Å². The van der Waals surface area contributed by atoms with E-state index in [4.69, 9.17) is 0 Å². The Bertz CT molecular complexity index is 714. The van der Waals surface area contributed by atoms with Gasteiger partial charge in [-0.3, -0.25) is 9.59 Å². The van der Waals surface area contributed by atoms with Crippen LogP contribution < -0.4 is 10.2 Å². The molecule has 0 atom stereocenters. The maximum atomic E-state index is 12.1. The monoisotopic (exact) mass is 388 g/mol. The molecule has 0 fully saturated rings. The highest BCUT2D eigenvalue weighted by Gasteiger charge is 2.16. The lowest BCUT2D eigenvalue weighted by atomic mass is 10.1. The number of carbonyl (C=O) groups excluding carboxylic acids is 2. The Hall–Kier alpha value is -2.14. The molecular weight excluding hydrogens is 368 g/mol. The molecule has 0 aliphatic heterocycles. The third kappa shape index (κ3) is 4.93. The minimum Gasteiger partial charge on any atom is -0.326 e. The number of hydrogen-bond acceptors (Lipinski definition) is 2. The summed E-state index contributed by atoms with van der Waals surface area (Å²) in [5, 5.41) is 2.85. The molecular formula is C19H21BrN2O2. The van der Waals surface area contributed by atoms with Crippen molar-refractivity contribution in [2.24, 2.45) is 0 Å². The molecule has 126 valence electrons. The number of halogens is 1. The molecule has 0 bridgehead atoms. The molecule has 2 rings (SSSR count). The molecule has 0 aliphatic carbocycles. The van der Waals surface area contributed by atoms with Crippen molar-refractivity contribution in [2.45, 2.75) is 26.7 Å². The van der Waals surface area contributed by atoms with Gasteiger partial charge >= 0.3 is 0 Å². The molecule has 2 amide bonds. The van der Waals surface area contributed by atoms with E-state index in [1.807, 2.05) is 48.5 Å². The van der Waals surface area contributed by atoms with E-state index in [1.165, 1.54) is 6.92 Å². The van der Waals surface area contributed by atoms with Crippen LogP contribution in [0.3, 0.4) is 0 Å². The number of aryl methyl sites for hydroxylation is 1. The molecule has 0 aromatic heterocycles. The first-order valence-electron chi connectivity index (χ1n) is 7.92. The Morgan fingerprint density at radius 3 is 2.38 bits per heavy atom. The molecule has 0 spiro atoms. The first-order chi connectivity index (χ1) is 11.5. The van der Waals surface area contributed by atoms with Crippen LogP contribution in [0, 0.1) is 0 Å². The van der Waals surface area contributed by atoms with Crippen LogP contribution in [0.4, 0.5) is 11.4 Å². The molecule has 0 saturated heterocycles. The van der Waals surface area contributed by atoms with Crippen LogP contribution in [0.2, 0.25) is 0 Å². The lowest BCUT2D eigenvalue weighted by Crippen LogP contribution is -2.32. The Kier molecular flexibility index (Phi) is 6.55. The van der Waals surface area contributed by atoms with Gasteiger partial charge in [0, 0.05) is 35.7 Å². The molecule has 2 aromatic carbocycles. The van der Waals surface area contributed by atoms with Crippen LogP contribution in [0.1, 0.15) is 25.8 Å². The van der Waals surface area contributed by atoms with Gasteiger partial charge < -0.3 is 10.2 Å². The topological polar surface area (TPSA) is 49.4 Å². The summed E-state index contributed by atoms with van der Waals surface area (Å²) in [7, 11) is 0. The summed E-state index contributed by atoms with van der Waals surface area (Å²) in [5.41, 5.74) is 2.72. The zero-order valence-corrected chi connectivity index (χ0v) is 15.5. The van der Waals surface area contributed by atoms with Gasteiger partial charge in [0.2, 0.25) is 11.8 Å². The van der Waals surface area contributed by atoms with Gasteiger partial charge in [-0.1, -0.05) is 41.1 Å². The van der Waals surface area contributed by atoms with Crippen LogP contribution in [-0.4, -0.2) is 18.4 Å². The highest BCUT2D eigenvalue weighted by atomic mass is 79.9. The van der Waals surface area contributed by atoms with Crippen LogP contribution in [0.15, 0.2) is 53.0 Å². The van der Waals surface area contributed by atoms with Crippen molar-refractivity contribution in [3.8, 4) is 0 Å². The minimum atomic E-state index is -0.113. The van der Waals surface area contributed by atoms with E-state index in [0.29, 0.717) is 6.54 Å². The predicted molar refractivity (Wildman–Crippen MR) is 101 cm³/mol. The van der Waals surface area contributed by atoms with Crippen LogP contribution in [0.5, 0.6) is 0 Å². The number of benzene rings is 2. The first kappa shape index (κ1) is 18.2. The molecule has 0 heterocycles. The Morgan fingerprint density at radius 2 is 1.75 bits per heavy atom. The van der Waals surface area contributed by atoms with Gasteiger partial charge in [0.1, 0.15) is 0 Å². The van der Waals surface area contributed by atoms with Crippen molar-refractivity contribution >= 4 is 39.1 Å². The van der Waals surface area contributed by atoms with Gasteiger partial charge in [-0.25, -0.2) is 0 Å². The fraction of sp³-hybridized carbons (Fsp3) is 0.263. The zero-order chi connectivity index (χ0) is 17.5. The lowest BCUT2D eigenvalue weighted by molar-refractivity contribution is -0.117. The van der Waals surface area contributed by atoms with E-state index in [0.717, 1.165) is 27.8 Å². The smallest absolute Gasteiger partial charge is 0.226 e. The van der Waals surface area contributed by atoms with Crippen molar-refractivity contribution in [3.63, 3.8) is 0 Å². The number of nitrogens with one attached hydrogen (secondary N) is 1. The third-order valence-corrected chi connectivity index (χ3v) is 4.26. The average Bonchev–Trinajstić information content (AvgIpc) is 2.57. The molecule has 5 heteroatoms. The molecule has 0 saturated carbocycles. The highest BCUT2D eigenvalue weighted by Crippen LogP contribution is 2.21. The summed E-state index contributed by atoms with van der Waals surface area (Å²) in [5.74, 6) is -0.176. The summed E-state index contributed by atoms with van der Waals surface area (Å²) in [4.78, 5) is 25.8. The van der Waals surface area contributed by atoms with Crippen LogP contribution in [-0.2, 0) is 16.0 Å². The van der Waals surface area contributed by atoms with Crippen molar-refractivity contribution in [3.05, 3.63) is 58.6 Å². The molecule has 0 radical (unpaired) electrons. The largest absolute Gasteiger partial charge is 0.326 e. The fourth-order valence-corrected chi connectivity index (χ4v) is 2.76.